The lowest BCUT2D eigenvalue weighted by atomic mass is 10.0. The molecule has 19 heavy (non-hydrogen) atoms. The van der Waals surface area contributed by atoms with Gasteiger partial charge in [0.2, 0.25) is 0 Å². The van der Waals surface area contributed by atoms with E-state index in [1.165, 1.54) is 17.4 Å². The average molecular weight is 350 g/mol. The Hall–Kier alpha value is -0.850. The molecule has 0 radical (unpaired) electrons. The lowest BCUT2D eigenvalue weighted by molar-refractivity contribution is 0.434. The smallest absolute Gasteiger partial charge is 0.194 e. The number of rotatable bonds is 4. The van der Waals surface area contributed by atoms with E-state index >= 15 is 0 Å². The summed E-state index contributed by atoms with van der Waals surface area (Å²) in [5.41, 5.74) is 0.101. The van der Waals surface area contributed by atoms with Gasteiger partial charge in [-0.3, -0.25) is 0 Å². The molecule has 1 aromatic heterocycles. The number of halogens is 4. The van der Waals surface area contributed by atoms with Crippen LogP contribution in [0, 0.1) is 17.5 Å². The van der Waals surface area contributed by atoms with Gasteiger partial charge < -0.3 is 5.32 Å². The van der Waals surface area contributed by atoms with Crippen molar-refractivity contribution >= 4 is 27.3 Å². The first-order chi connectivity index (χ1) is 9.06. The molecule has 2 aromatic rings. The Kier molecular flexibility index (Phi) is 4.65. The normalized spacial score (nSPS) is 12.7. The molecular weight excluding hydrogens is 339 g/mol. The van der Waals surface area contributed by atoms with Gasteiger partial charge >= 0.3 is 0 Å². The van der Waals surface area contributed by atoms with E-state index in [0.29, 0.717) is 6.54 Å². The van der Waals surface area contributed by atoms with Crippen LogP contribution in [0.3, 0.4) is 0 Å². The first kappa shape index (κ1) is 14.6. The van der Waals surface area contributed by atoms with Gasteiger partial charge in [0.25, 0.3) is 0 Å². The van der Waals surface area contributed by atoms with Crippen LogP contribution in [0.4, 0.5) is 13.2 Å². The van der Waals surface area contributed by atoms with E-state index < -0.39 is 23.5 Å². The van der Waals surface area contributed by atoms with Crippen LogP contribution >= 0.6 is 27.3 Å². The van der Waals surface area contributed by atoms with Gasteiger partial charge in [0.15, 0.2) is 17.5 Å². The van der Waals surface area contributed by atoms with E-state index in [-0.39, 0.29) is 5.56 Å². The lowest BCUT2D eigenvalue weighted by Gasteiger charge is -2.18. The van der Waals surface area contributed by atoms with Gasteiger partial charge in [-0.05, 0) is 40.0 Å². The van der Waals surface area contributed by atoms with E-state index in [1.54, 1.807) is 0 Å². The molecule has 102 valence electrons. The van der Waals surface area contributed by atoms with Gasteiger partial charge in [-0.2, -0.15) is 0 Å². The predicted octanol–water partition coefficient (Wildman–Crippen LogP) is 4.63. The molecule has 0 aliphatic rings. The molecule has 1 unspecified atom stereocenters. The molecule has 0 spiro atoms. The van der Waals surface area contributed by atoms with Gasteiger partial charge in [-0.1, -0.05) is 13.0 Å². The summed E-state index contributed by atoms with van der Waals surface area (Å²) in [5.74, 6) is -3.76. The Morgan fingerprint density at radius 3 is 2.53 bits per heavy atom. The van der Waals surface area contributed by atoms with Crippen molar-refractivity contribution in [1.29, 1.82) is 0 Å². The van der Waals surface area contributed by atoms with Gasteiger partial charge in [0.05, 0.1) is 6.04 Å². The minimum Gasteiger partial charge on any atom is -0.306 e. The van der Waals surface area contributed by atoms with Crippen molar-refractivity contribution in [2.45, 2.75) is 13.0 Å². The molecule has 1 N–H and O–H groups in total. The fourth-order valence-electron chi connectivity index (χ4n) is 1.82. The van der Waals surface area contributed by atoms with E-state index in [4.69, 9.17) is 0 Å². The Labute approximate surface area is 121 Å². The monoisotopic (exact) mass is 349 g/mol. The fraction of sp³-hybridized carbons (Fsp3) is 0.231. The van der Waals surface area contributed by atoms with Crippen molar-refractivity contribution in [3.05, 3.63) is 55.9 Å². The molecule has 0 aliphatic carbocycles. The van der Waals surface area contributed by atoms with E-state index in [2.05, 4.69) is 21.2 Å². The second-order valence-electron chi connectivity index (χ2n) is 3.89. The Morgan fingerprint density at radius 2 is 1.95 bits per heavy atom. The van der Waals surface area contributed by atoms with Crippen LogP contribution in [0.15, 0.2) is 28.1 Å². The molecule has 1 heterocycles. The van der Waals surface area contributed by atoms with Crippen LogP contribution in [0.1, 0.15) is 23.4 Å². The third kappa shape index (κ3) is 2.85. The van der Waals surface area contributed by atoms with Crippen LogP contribution in [-0.4, -0.2) is 6.54 Å². The van der Waals surface area contributed by atoms with Crippen LogP contribution in [0.2, 0.25) is 0 Å². The van der Waals surface area contributed by atoms with Crippen molar-refractivity contribution in [3.8, 4) is 0 Å². The Morgan fingerprint density at radius 1 is 1.21 bits per heavy atom. The molecule has 1 nitrogen and oxygen atoms in total. The lowest BCUT2D eigenvalue weighted by Crippen LogP contribution is -2.23. The third-order valence-corrected chi connectivity index (χ3v) is 4.63. The van der Waals surface area contributed by atoms with Crippen LogP contribution in [0.25, 0.3) is 0 Å². The molecule has 0 fully saturated rings. The molecule has 6 heteroatoms. The Bertz CT molecular complexity index is 585. The largest absolute Gasteiger partial charge is 0.306 e. The highest BCUT2D eigenvalue weighted by Crippen LogP contribution is 2.34. The molecule has 0 saturated heterocycles. The zero-order valence-corrected chi connectivity index (χ0v) is 12.4. The Balaban J connectivity index is 2.52. The van der Waals surface area contributed by atoms with Crippen LogP contribution in [-0.2, 0) is 0 Å². The molecular formula is C13H11BrF3NS. The maximum Gasteiger partial charge on any atom is 0.194 e. The SMILES string of the molecule is CCNC(c1ccc(F)c(F)c1F)c1sccc1Br. The second kappa shape index (κ2) is 6.07. The highest BCUT2D eigenvalue weighted by atomic mass is 79.9. The van der Waals surface area contributed by atoms with Crippen molar-refractivity contribution < 1.29 is 13.2 Å². The van der Waals surface area contributed by atoms with E-state index in [1.807, 2.05) is 18.4 Å². The fourth-order valence-corrected chi connectivity index (χ4v) is 3.52. The number of benzene rings is 1. The highest BCUT2D eigenvalue weighted by molar-refractivity contribution is 9.10. The third-order valence-electron chi connectivity index (χ3n) is 2.69. The summed E-state index contributed by atoms with van der Waals surface area (Å²) in [4.78, 5) is 0.826. The number of thiophene rings is 1. The summed E-state index contributed by atoms with van der Waals surface area (Å²) < 4.78 is 41.0. The summed E-state index contributed by atoms with van der Waals surface area (Å²) in [6.45, 7) is 2.44. The minimum atomic E-state index is -1.44. The van der Waals surface area contributed by atoms with Crippen LogP contribution < -0.4 is 5.32 Å². The average Bonchev–Trinajstić information content (AvgIpc) is 2.80. The maximum atomic E-state index is 13.9. The summed E-state index contributed by atoms with van der Waals surface area (Å²) in [6.07, 6.45) is 0. The van der Waals surface area contributed by atoms with Crippen molar-refractivity contribution in [3.63, 3.8) is 0 Å². The summed E-state index contributed by atoms with van der Waals surface area (Å²) >= 11 is 4.79. The number of hydrogen-bond donors (Lipinski definition) is 1. The molecule has 2 rings (SSSR count). The van der Waals surface area contributed by atoms with E-state index in [0.717, 1.165) is 15.4 Å². The van der Waals surface area contributed by atoms with Gasteiger partial charge in [0, 0.05) is 14.9 Å². The standard InChI is InChI=1S/C13H11BrF3NS/c1-2-18-12(13-8(14)5-6-19-13)7-3-4-9(15)11(17)10(7)16/h3-6,12,18H,2H2,1H3. The molecule has 0 saturated carbocycles. The summed E-state index contributed by atoms with van der Waals surface area (Å²) in [5, 5.41) is 4.93. The predicted molar refractivity (Wildman–Crippen MR) is 73.9 cm³/mol. The molecule has 0 amide bonds. The van der Waals surface area contributed by atoms with Gasteiger partial charge in [0.1, 0.15) is 0 Å². The molecule has 0 aliphatic heterocycles. The van der Waals surface area contributed by atoms with Gasteiger partial charge in [-0.15, -0.1) is 11.3 Å². The first-order valence-corrected chi connectivity index (χ1v) is 7.33. The molecule has 1 atom stereocenters. The minimum absolute atomic E-state index is 0.101. The topological polar surface area (TPSA) is 12.0 Å². The first-order valence-electron chi connectivity index (χ1n) is 5.66. The quantitative estimate of drug-likeness (QED) is 0.793. The summed E-state index contributed by atoms with van der Waals surface area (Å²) in [6, 6.07) is 3.55. The second-order valence-corrected chi connectivity index (χ2v) is 5.69. The zero-order chi connectivity index (χ0) is 14.0. The van der Waals surface area contributed by atoms with Crippen molar-refractivity contribution in [1.82, 2.24) is 5.32 Å². The van der Waals surface area contributed by atoms with Crippen molar-refractivity contribution in [2.75, 3.05) is 6.54 Å². The van der Waals surface area contributed by atoms with Crippen molar-refractivity contribution in [2.24, 2.45) is 0 Å². The van der Waals surface area contributed by atoms with Gasteiger partial charge in [-0.25, -0.2) is 13.2 Å². The molecule has 0 bridgehead atoms. The molecule has 1 aromatic carbocycles. The number of hydrogen-bond acceptors (Lipinski definition) is 2. The number of nitrogens with one attached hydrogen (secondary N) is 1. The van der Waals surface area contributed by atoms with E-state index in [9.17, 15) is 13.2 Å². The maximum absolute atomic E-state index is 13.9. The summed E-state index contributed by atoms with van der Waals surface area (Å²) in [7, 11) is 0. The highest BCUT2D eigenvalue weighted by Gasteiger charge is 2.24. The zero-order valence-electron chi connectivity index (χ0n) is 10.0. The van der Waals surface area contributed by atoms with Crippen LogP contribution in [0.5, 0.6) is 0 Å².